The van der Waals surface area contributed by atoms with Crippen LogP contribution in [-0.4, -0.2) is 29.1 Å². The zero-order chi connectivity index (χ0) is 13.8. The molecule has 104 valence electrons. The van der Waals surface area contributed by atoms with Crippen molar-refractivity contribution in [2.24, 2.45) is 0 Å². The fourth-order valence-electron chi connectivity index (χ4n) is 2.60. The van der Waals surface area contributed by atoms with Crippen LogP contribution in [0.2, 0.25) is 0 Å². The summed E-state index contributed by atoms with van der Waals surface area (Å²) in [4.78, 5) is 13.3. The van der Waals surface area contributed by atoms with Gasteiger partial charge in [0.2, 0.25) is 0 Å². The minimum Gasteiger partial charge on any atom is -0.481 e. The molecule has 5 heteroatoms. The number of hydrogen-bond donors (Lipinski definition) is 1. The highest BCUT2D eigenvalue weighted by atomic mass is 79.9. The first kappa shape index (κ1) is 14.5. The first-order valence-corrected chi connectivity index (χ1v) is 7.28. The van der Waals surface area contributed by atoms with E-state index >= 15 is 0 Å². The Kier molecular flexibility index (Phi) is 4.93. The lowest BCUT2D eigenvalue weighted by Crippen LogP contribution is -2.35. The Bertz CT molecular complexity index is 461. The van der Waals surface area contributed by atoms with Crippen molar-refractivity contribution in [1.82, 2.24) is 4.90 Å². The highest BCUT2D eigenvalue weighted by Crippen LogP contribution is 2.32. The van der Waals surface area contributed by atoms with Crippen molar-refractivity contribution >= 4 is 21.9 Å². The van der Waals surface area contributed by atoms with Crippen LogP contribution in [0.3, 0.4) is 0 Å². The maximum atomic E-state index is 13.2. The molecular formula is C14H17BrFNO2. The number of rotatable bonds is 4. The standard InChI is InChI=1S/C14H17BrFNO2/c15-12-8-10(16)4-5-11(12)13(9-14(18)19)17-6-2-1-3-7-17/h4-5,8,13H,1-3,6-7,9H2,(H,18,19). The Morgan fingerprint density at radius 2 is 2.05 bits per heavy atom. The lowest BCUT2D eigenvalue weighted by Gasteiger charge is -2.34. The number of likely N-dealkylation sites (tertiary alicyclic amines) is 1. The maximum Gasteiger partial charge on any atom is 0.305 e. The van der Waals surface area contributed by atoms with E-state index in [4.69, 9.17) is 5.11 Å². The van der Waals surface area contributed by atoms with E-state index in [1.165, 1.54) is 18.6 Å². The first-order chi connectivity index (χ1) is 9.08. The van der Waals surface area contributed by atoms with Crippen LogP contribution in [-0.2, 0) is 4.79 Å². The average Bonchev–Trinajstić information content (AvgIpc) is 2.37. The third-order valence-corrected chi connectivity index (χ3v) is 4.21. The summed E-state index contributed by atoms with van der Waals surface area (Å²) in [5.74, 6) is -1.14. The first-order valence-electron chi connectivity index (χ1n) is 6.48. The summed E-state index contributed by atoms with van der Waals surface area (Å²) in [6, 6.07) is 4.28. The van der Waals surface area contributed by atoms with Gasteiger partial charge in [-0.25, -0.2) is 4.39 Å². The molecule has 0 bridgehead atoms. The number of piperidine rings is 1. The molecule has 1 aliphatic rings. The molecule has 0 amide bonds. The minimum atomic E-state index is -0.827. The molecule has 1 aliphatic heterocycles. The SMILES string of the molecule is O=C(O)CC(c1ccc(F)cc1Br)N1CCCCC1. The molecule has 1 saturated heterocycles. The second-order valence-electron chi connectivity index (χ2n) is 4.88. The Balaban J connectivity index is 2.27. The van der Waals surface area contributed by atoms with E-state index < -0.39 is 5.97 Å². The van der Waals surface area contributed by atoms with E-state index in [1.54, 1.807) is 6.07 Å². The zero-order valence-corrected chi connectivity index (χ0v) is 12.2. The maximum absolute atomic E-state index is 13.2. The summed E-state index contributed by atoms with van der Waals surface area (Å²) in [6.07, 6.45) is 3.43. The van der Waals surface area contributed by atoms with Gasteiger partial charge < -0.3 is 5.11 Å². The highest BCUT2D eigenvalue weighted by molar-refractivity contribution is 9.10. The summed E-state index contributed by atoms with van der Waals surface area (Å²) in [7, 11) is 0. The van der Waals surface area contributed by atoms with Crippen LogP contribution in [0.15, 0.2) is 22.7 Å². The smallest absolute Gasteiger partial charge is 0.305 e. The van der Waals surface area contributed by atoms with Crippen molar-refractivity contribution in [3.05, 3.63) is 34.1 Å². The molecule has 1 aromatic rings. The van der Waals surface area contributed by atoms with Gasteiger partial charge in [-0.1, -0.05) is 28.4 Å². The molecule has 0 saturated carbocycles. The highest BCUT2D eigenvalue weighted by Gasteiger charge is 2.26. The molecule has 0 aromatic heterocycles. The van der Waals surface area contributed by atoms with Gasteiger partial charge >= 0.3 is 5.97 Å². The molecule has 1 N–H and O–H groups in total. The minimum absolute atomic E-state index is 0.0459. The van der Waals surface area contributed by atoms with E-state index in [2.05, 4.69) is 20.8 Å². The fourth-order valence-corrected chi connectivity index (χ4v) is 3.22. The van der Waals surface area contributed by atoms with Crippen LogP contribution in [0.25, 0.3) is 0 Å². The molecule has 2 rings (SSSR count). The number of nitrogens with zero attached hydrogens (tertiary/aromatic N) is 1. The molecule has 0 aliphatic carbocycles. The fraction of sp³-hybridized carbons (Fsp3) is 0.500. The van der Waals surface area contributed by atoms with Crippen LogP contribution in [0.4, 0.5) is 4.39 Å². The number of carbonyl (C=O) groups is 1. The molecule has 1 fully saturated rings. The summed E-state index contributed by atoms with van der Waals surface area (Å²) in [5, 5.41) is 9.11. The van der Waals surface area contributed by atoms with E-state index in [9.17, 15) is 9.18 Å². The monoisotopic (exact) mass is 329 g/mol. The number of halogens is 2. The van der Waals surface area contributed by atoms with Crippen LogP contribution < -0.4 is 0 Å². The number of aliphatic carboxylic acids is 1. The van der Waals surface area contributed by atoms with Crippen molar-refractivity contribution in [2.75, 3.05) is 13.1 Å². The average molecular weight is 330 g/mol. The van der Waals surface area contributed by atoms with Gasteiger partial charge in [-0.2, -0.15) is 0 Å². The van der Waals surface area contributed by atoms with E-state index in [0.717, 1.165) is 31.5 Å². The Morgan fingerprint density at radius 1 is 1.37 bits per heavy atom. The van der Waals surface area contributed by atoms with Crippen molar-refractivity contribution in [3.8, 4) is 0 Å². The lowest BCUT2D eigenvalue weighted by atomic mass is 9.99. The van der Waals surface area contributed by atoms with E-state index in [1.807, 2.05) is 0 Å². The molecule has 1 atom stereocenters. The van der Waals surface area contributed by atoms with Gasteiger partial charge in [0.15, 0.2) is 0 Å². The normalized spacial score (nSPS) is 18.2. The van der Waals surface area contributed by atoms with Gasteiger partial charge in [0.25, 0.3) is 0 Å². The van der Waals surface area contributed by atoms with Crippen LogP contribution >= 0.6 is 15.9 Å². The molecular weight excluding hydrogens is 313 g/mol. The van der Waals surface area contributed by atoms with Crippen LogP contribution in [0.1, 0.15) is 37.3 Å². The summed E-state index contributed by atoms with van der Waals surface area (Å²) in [5.41, 5.74) is 0.853. The Hall–Kier alpha value is -0.940. The summed E-state index contributed by atoms with van der Waals surface area (Å²) >= 11 is 3.34. The lowest BCUT2D eigenvalue weighted by molar-refractivity contribution is -0.138. The molecule has 1 heterocycles. The molecule has 0 radical (unpaired) electrons. The number of carboxylic acid groups (broad SMARTS) is 1. The van der Waals surface area contributed by atoms with Crippen molar-refractivity contribution in [1.29, 1.82) is 0 Å². The van der Waals surface area contributed by atoms with Gasteiger partial charge in [0, 0.05) is 10.5 Å². The second kappa shape index (κ2) is 6.48. The van der Waals surface area contributed by atoms with Gasteiger partial charge in [0.05, 0.1) is 6.42 Å². The largest absolute Gasteiger partial charge is 0.481 e. The zero-order valence-electron chi connectivity index (χ0n) is 10.6. The molecule has 1 unspecified atom stereocenters. The van der Waals surface area contributed by atoms with E-state index in [-0.39, 0.29) is 18.3 Å². The molecule has 1 aromatic carbocycles. The third kappa shape index (κ3) is 3.76. The van der Waals surface area contributed by atoms with Crippen molar-refractivity contribution < 1.29 is 14.3 Å². The number of carboxylic acids is 1. The predicted octanol–water partition coefficient (Wildman–Crippen LogP) is 3.59. The quantitative estimate of drug-likeness (QED) is 0.917. The molecule has 19 heavy (non-hydrogen) atoms. The Labute approximate surface area is 120 Å². The second-order valence-corrected chi connectivity index (χ2v) is 5.73. The van der Waals surface area contributed by atoms with Crippen molar-refractivity contribution in [3.63, 3.8) is 0 Å². The number of benzene rings is 1. The Morgan fingerprint density at radius 3 is 2.63 bits per heavy atom. The van der Waals surface area contributed by atoms with E-state index in [0.29, 0.717) is 4.47 Å². The van der Waals surface area contributed by atoms with Gasteiger partial charge in [-0.05, 0) is 43.6 Å². The predicted molar refractivity (Wildman–Crippen MR) is 74.5 cm³/mol. The molecule has 0 spiro atoms. The van der Waals surface area contributed by atoms with Crippen molar-refractivity contribution in [2.45, 2.75) is 31.7 Å². The van der Waals surface area contributed by atoms with Gasteiger partial charge in [-0.3, -0.25) is 9.69 Å². The van der Waals surface area contributed by atoms with Crippen LogP contribution in [0, 0.1) is 5.82 Å². The third-order valence-electron chi connectivity index (χ3n) is 3.52. The van der Waals surface area contributed by atoms with Gasteiger partial charge in [0.1, 0.15) is 5.82 Å². The van der Waals surface area contributed by atoms with Crippen LogP contribution in [0.5, 0.6) is 0 Å². The topological polar surface area (TPSA) is 40.5 Å². The summed E-state index contributed by atoms with van der Waals surface area (Å²) in [6.45, 7) is 1.81. The summed E-state index contributed by atoms with van der Waals surface area (Å²) < 4.78 is 13.8. The number of hydrogen-bond acceptors (Lipinski definition) is 2. The molecule has 3 nitrogen and oxygen atoms in total. The van der Waals surface area contributed by atoms with Gasteiger partial charge in [-0.15, -0.1) is 0 Å².